The third-order valence-corrected chi connectivity index (χ3v) is 5.89. The van der Waals surface area contributed by atoms with Gasteiger partial charge in [0.15, 0.2) is 0 Å². The van der Waals surface area contributed by atoms with E-state index in [1.54, 1.807) is 13.8 Å². The molecule has 0 saturated carbocycles. The molecule has 0 aliphatic heterocycles. The summed E-state index contributed by atoms with van der Waals surface area (Å²) in [6.07, 6.45) is 1.52. The van der Waals surface area contributed by atoms with Gasteiger partial charge in [0.05, 0.1) is 47.2 Å². The topological polar surface area (TPSA) is 154 Å². The van der Waals surface area contributed by atoms with Crippen molar-refractivity contribution in [3.05, 3.63) is 0 Å². The quantitative estimate of drug-likeness (QED) is 0.161. The molecule has 14 heteroatoms. The van der Waals surface area contributed by atoms with Gasteiger partial charge in [0.1, 0.15) is 32.4 Å². The predicted molar refractivity (Wildman–Crippen MR) is 117 cm³/mol. The van der Waals surface area contributed by atoms with Crippen LogP contribution in [0, 0.1) is 5.92 Å². The van der Waals surface area contributed by atoms with Crippen molar-refractivity contribution >= 4 is 26.8 Å². The second kappa shape index (κ2) is 13.1. The van der Waals surface area contributed by atoms with Crippen LogP contribution in [0.25, 0.3) is 0 Å². The van der Waals surface area contributed by atoms with E-state index >= 15 is 0 Å². The van der Waals surface area contributed by atoms with Crippen LogP contribution in [0.2, 0.25) is 0 Å². The Hall–Kier alpha value is -0.870. The highest BCUT2D eigenvalue weighted by molar-refractivity contribution is 7.81. The molecule has 0 bridgehead atoms. The van der Waals surface area contributed by atoms with E-state index in [0.717, 1.165) is 0 Å². The molecule has 0 aromatic rings. The fraction of sp³-hybridized carbons (Fsp3) is 0.944. The van der Waals surface area contributed by atoms with Crippen LogP contribution in [0.4, 0.5) is 0 Å². The number of ether oxygens (including phenoxy) is 1. The van der Waals surface area contributed by atoms with E-state index in [0.29, 0.717) is 54.4 Å². The number of carbonyl (C=O) groups is 1. The molecule has 0 aromatic heterocycles. The molecule has 2 N–H and O–H groups in total. The van der Waals surface area contributed by atoms with Gasteiger partial charge in [-0.25, -0.2) is 8.37 Å². The highest BCUT2D eigenvalue weighted by Crippen LogP contribution is 2.15. The summed E-state index contributed by atoms with van der Waals surface area (Å²) < 4.78 is 75.3. The van der Waals surface area contributed by atoms with E-state index in [4.69, 9.17) is 13.8 Å². The average molecular weight is 509 g/mol. The summed E-state index contributed by atoms with van der Waals surface area (Å²) in [7, 11) is -1.39. The van der Waals surface area contributed by atoms with Crippen molar-refractivity contribution in [3.63, 3.8) is 0 Å². The molecule has 0 aliphatic carbocycles. The SMILES string of the molecule is CC(C)C(=O)OC(CCC[N+](C)(C)CCOS(=O)(=O)O)CC[N+](C)(C)CCOS(=O)(=O)O. The lowest BCUT2D eigenvalue weighted by Gasteiger charge is -2.32. The summed E-state index contributed by atoms with van der Waals surface area (Å²) in [6.45, 7) is 5.16. The summed E-state index contributed by atoms with van der Waals surface area (Å²) in [4.78, 5) is 12.1. The first-order valence-corrected chi connectivity index (χ1v) is 13.1. The number of nitrogens with zero attached hydrogens (tertiary/aromatic N) is 2. The number of esters is 1. The summed E-state index contributed by atoms with van der Waals surface area (Å²) in [5.41, 5.74) is 0. The van der Waals surface area contributed by atoms with Crippen molar-refractivity contribution in [1.82, 2.24) is 0 Å². The number of carbonyl (C=O) groups excluding carboxylic acids is 1. The summed E-state index contributed by atoms with van der Waals surface area (Å²) in [6, 6.07) is 0. The first-order valence-electron chi connectivity index (χ1n) is 10.4. The Kier molecular flexibility index (Phi) is 12.8. The fourth-order valence-corrected chi connectivity index (χ4v) is 3.38. The maximum atomic E-state index is 12.1. The minimum Gasteiger partial charge on any atom is -0.462 e. The third kappa shape index (κ3) is 17.7. The molecule has 0 aromatic carbocycles. The van der Waals surface area contributed by atoms with E-state index < -0.39 is 20.8 Å². The van der Waals surface area contributed by atoms with Gasteiger partial charge >= 0.3 is 26.8 Å². The van der Waals surface area contributed by atoms with Gasteiger partial charge in [-0.1, -0.05) is 13.8 Å². The summed E-state index contributed by atoms with van der Waals surface area (Å²) >= 11 is 0. The van der Waals surface area contributed by atoms with Crippen molar-refractivity contribution in [2.45, 2.75) is 39.2 Å². The molecule has 0 amide bonds. The van der Waals surface area contributed by atoms with Crippen molar-refractivity contribution in [3.8, 4) is 0 Å². The van der Waals surface area contributed by atoms with Crippen LogP contribution in [0.5, 0.6) is 0 Å². The molecule has 1 unspecified atom stereocenters. The van der Waals surface area contributed by atoms with E-state index in [1.165, 1.54) is 0 Å². The van der Waals surface area contributed by atoms with Gasteiger partial charge < -0.3 is 13.7 Å². The van der Waals surface area contributed by atoms with Gasteiger partial charge in [-0.05, 0) is 6.42 Å². The van der Waals surface area contributed by atoms with E-state index in [-0.39, 0.29) is 31.2 Å². The smallest absolute Gasteiger partial charge is 0.397 e. The largest absolute Gasteiger partial charge is 0.462 e. The zero-order valence-electron chi connectivity index (χ0n) is 19.9. The van der Waals surface area contributed by atoms with Gasteiger partial charge in [0.25, 0.3) is 0 Å². The number of quaternary nitrogens is 2. The molecule has 192 valence electrons. The lowest BCUT2D eigenvalue weighted by Crippen LogP contribution is -2.45. The number of hydrogen-bond acceptors (Lipinski definition) is 8. The Morgan fingerprint density at radius 3 is 1.62 bits per heavy atom. The maximum absolute atomic E-state index is 12.1. The van der Waals surface area contributed by atoms with E-state index in [1.807, 2.05) is 28.2 Å². The first kappa shape index (κ1) is 31.1. The molecular weight excluding hydrogens is 468 g/mol. The number of rotatable bonds is 17. The van der Waals surface area contributed by atoms with Gasteiger partial charge in [-0.15, -0.1) is 0 Å². The number of likely N-dealkylation sites (N-methyl/N-ethyl adjacent to an activating group) is 2. The number of hydrogen-bond donors (Lipinski definition) is 2. The molecule has 1 atom stereocenters. The monoisotopic (exact) mass is 508 g/mol. The molecule has 0 spiro atoms. The standard InChI is InChI=1S/C18H38N2O10S2/c1-16(2)18(21)30-17(9-11-20(5,6)13-15-29-32(25,26)27)8-7-10-19(3,4)12-14-28-31(22,23)24/h16-17H,7-15H2,1-6H3/p+2. The van der Waals surface area contributed by atoms with Crippen molar-refractivity contribution in [1.29, 1.82) is 0 Å². The van der Waals surface area contributed by atoms with E-state index in [9.17, 15) is 21.6 Å². The van der Waals surface area contributed by atoms with Crippen LogP contribution >= 0.6 is 0 Å². The molecule has 32 heavy (non-hydrogen) atoms. The van der Waals surface area contributed by atoms with Gasteiger partial charge in [-0.2, -0.15) is 16.8 Å². The molecule has 0 radical (unpaired) electrons. The second-order valence-electron chi connectivity index (χ2n) is 9.41. The second-order valence-corrected chi connectivity index (χ2v) is 11.6. The van der Waals surface area contributed by atoms with Crippen LogP contribution in [0.1, 0.15) is 33.1 Å². The predicted octanol–water partition coefficient (Wildman–Crippen LogP) is 0.516. The van der Waals surface area contributed by atoms with Crippen LogP contribution in [-0.4, -0.2) is 115 Å². The molecule has 0 saturated heterocycles. The third-order valence-electron chi connectivity index (χ3n) is 4.96. The van der Waals surface area contributed by atoms with Crippen LogP contribution < -0.4 is 0 Å². The first-order chi connectivity index (χ1) is 14.3. The minimum atomic E-state index is -4.48. The Morgan fingerprint density at radius 2 is 1.22 bits per heavy atom. The fourth-order valence-electron chi connectivity index (χ4n) is 2.81. The summed E-state index contributed by atoms with van der Waals surface area (Å²) in [5.74, 6) is -0.571. The Bertz CT molecular complexity index is 780. The van der Waals surface area contributed by atoms with Crippen molar-refractivity contribution < 1.29 is 52.8 Å². The Labute approximate surface area is 192 Å². The highest BCUT2D eigenvalue weighted by Gasteiger charge is 2.24. The molecule has 0 aliphatic rings. The maximum Gasteiger partial charge on any atom is 0.397 e. The molecular formula is C18H40N2O10S2+2. The van der Waals surface area contributed by atoms with Gasteiger partial charge in [-0.3, -0.25) is 13.9 Å². The molecule has 0 heterocycles. The van der Waals surface area contributed by atoms with Crippen LogP contribution in [-0.2, 0) is 38.7 Å². The lowest BCUT2D eigenvalue weighted by atomic mass is 10.1. The minimum absolute atomic E-state index is 0.144. The zero-order valence-corrected chi connectivity index (χ0v) is 21.5. The normalized spacial score (nSPS) is 14.5. The van der Waals surface area contributed by atoms with Crippen molar-refractivity contribution in [2.75, 3.05) is 67.6 Å². The molecule has 0 rings (SSSR count). The highest BCUT2D eigenvalue weighted by atomic mass is 32.3. The average Bonchev–Trinajstić information content (AvgIpc) is 2.56. The summed E-state index contributed by atoms with van der Waals surface area (Å²) in [5, 5.41) is 0. The molecule has 12 nitrogen and oxygen atoms in total. The molecule has 0 fully saturated rings. The zero-order chi connectivity index (χ0) is 25.2. The Morgan fingerprint density at radius 1 is 0.781 bits per heavy atom. The Balaban J connectivity index is 4.75. The van der Waals surface area contributed by atoms with Crippen LogP contribution in [0.15, 0.2) is 0 Å². The van der Waals surface area contributed by atoms with Gasteiger partial charge in [0.2, 0.25) is 0 Å². The van der Waals surface area contributed by atoms with Crippen molar-refractivity contribution in [2.24, 2.45) is 5.92 Å². The van der Waals surface area contributed by atoms with E-state index in [2.05, 4.69) is 8.37 Å². The van der Waals surface area contributed by atoms with Crippen LogP contribution in [0.3, 0.4) is 0 Å². The van der Waals surface area contributed by atoms with Gasteiger partial charge in [0, 0.05) is 12.8 Å². The lowest BCUT2D eigenvalue weighted by molar-refractivity contribution is -0.891.